The molecule has 1 heterocycles. The predicted molar refractivity (Wildman–Crippen MR) is 43.5 cm³/mol. The van der Waals surface area contributed by atoms with E-state index in [-0.39, 0.29) is 24.7 Å². The molecule has 2 N–H and O–H groups in total. The molecule has 1 aliphatic heterocycles. The molecular weight excluding hydrogens is 158 g/mol. The van der Waals surface area contributed by atoms with Gasteiger partial charge in [-0.15, -0.1) is 0 Å². The second-order valence-corrected chi connectivity index (χ2v) is 2.72. The van der Waals surface area contributed by atoms with Crippen molar-refractivity contribution >= 4 is 5.97 Å². The zero-order chi connectivity index (χ0) is 8.97. The van der Waals surface area contributed by atoms with E-state index < -0.39 is 0 Å². The van der Waals surface area contributed by atoms with Crippen molar-refractivity contribution in [3.8, 4) is 0 Å². The Bertz CT molecular complexity index is 191. The van der Waals surface area contributed by atoms with Crippen molar-refractivity contribution < 1.29 is 14.3 Å². The van der Waals surface area contributed by atoms with E-state index in [1.807, 2.05) is 12.2 Å². The van der Waals surface area contributed by atoms with E-state index in [2.05, 4.69) is 0 Å². The number of hydrogen-bond donors (Lipinski definition) is 1. The molecular formula is C8H13NO3. The van der Waals surface area contributed by atoms with Gasteiger partial charge in [-0.05, 0) is 0 Å². The lowest BCUT2D eigenvalue weighted by Crippen LogP contribution is -2.33. The molecule has 0 bridgehead atoms. The second-order valence-electron chi connectivity index (χ2n) is 2.72. The van der Waals surface area contributed by atoms with E-state index >= 15 is 0 Å². The Kier molecular flexibility index (Phi) is 3.25. The molecule has 0 aromatic rings. The monoisotopic (exact) mass is 171 g/mol. The predicted octanol–water partition coefficient (Wildman–Crippen LogP) is -0.168. The number of nitrogens with two attached hydrogens (primary N) is 1. The van der Waals surface area contributed by atoms with Crippen LogP contribution >= 0.6 is 0 Å². The minimum absolute atomic E-state index is 0.0291. The summed E-state index contributed by atoms with van der Waals surface area (Å²) in [7, 11) is 0. The van der Waals surface area contributed by atoms with E-state index in [1.54, 1.807) is 0 Å². The summed E-state index contributed by atoms with van der Waals surface area (Å²) in [6.45, 7) is 2.14. The summed E-state index contributed by atoms with van der Waals surface area (Å²) in [6, 6.07) is -0.0291. The summed E-state index contributed by atoms with van der Waals surface area (Å²) in [4.78, 5) is 10.4. The van der Waals surface area contributed by atoms with Gasteiger partial charge in [0.15, 0.2) is 0 Å². The third kappa shape index (κ3) is 3.02. The first-order valence-electron chi connectivity index (χ1n) is 3.87. The maximum Gasteiger partial charge on any atom is 0.302 e. The number of esters is 1. The van der Waals surface area contributed by atoms with Gasteiger partial charge in [0.2, 0.25) is 0 Å². The van der Waals surface area contributed by atoms with Crippen molar-refractivity contribution in [1.82, 2.24) is 0 Å². The van der Waals surface area contributed by atoms with Gasteiger partial charge < -0.3 is 15.2 Å². The Labute approximate surface area is 71.3 Å². The maximum atomic E-state index is 10.4. The lowest BCUT2D eigenvalue weighted by molar-refractivity contribution is -0.144. The molecule has 0 spiro atoms. The quantitative estimate of drug-likeness (QED) is 0.463. The third-order valence-corrected chi connectivity index (χ3v) is 1.53. The van der Waals surface area contributed by atoms with Gasteiger partial charge in [-0.1, -0.05) is 12.2 Å². The molecule has 1 rings (SSSR count). The maximum absolute atomic E-state index is 10.4. The number of carbonyl (C=O) groups excluding carboxylic acids is 1. The highest BCUT2D eigenvalue weighted by Crippen LogP contribution is 2.04. The molecule has 4 heteroatoms. The van der Waals surface area contributed by atoms with Gasteiger partial charge in [0.25, 0.3) is 0 Å². The molecule has 0 fully saturated rings. The summed E-state index contributed by atoms with van der Waals surface area (Å²) < 4.78 is 10.0. The number of hydrogen-bond acceptors (Lipinski definition) is 4. The van der Waals surface area contributed by atoms with Crippen molar-refractivity contribution in [3.05, 3.63) is 12.2 Å². The van der Waals surface area contributed by atoms with E-state index in [0.717, 1.165) is 0 Å². The van der Waals surface area contributed by atoms with Gasteiger partial charge in [0.05, 0.1) is 6.61 Å². The fraction of sp³-hybridized carbons (Fsp3) is 0.625. The third-order valence-electron chi connectivity index (χ3n) is 1.53. The van der Waals surface area contributed by atoms with Crippen LogP contribution in [0.25, 0.3) is 0 Å². The first-order chi connectivity index (χ1) is 5.68. The molecule has 0 aromatic heterocycles. The van der Waals surface area contributed by atoms with Crippen LogP contribution in [0.4, 0.5) is 0 Å². The topological polar surface area (TPSA) is 61.5 Å². The largest absolute Gasteiger partial charge is 0.463 e. The lowest BCUT2D eigenvalue weighted by Gasteiger charge is -2.20. The van der Waals surface area contributed by atoms with Crippen LogP contribution in [0.2, 0.25) is 0 Å². The summed E-state index contributed by atoms with van der Waals surface area (Å²) in [6.07, 6.45) is 3.54. The fourth-order valence-corrected chi connectivity index (χ4v) is 0.916. The van der Waals surface area contributed by atoms with Gasteiger partial charge in [0.1, 0.15) is 12.7 Å². The fourth-order valence-electron chi connectivity index (χ4n) is 0.916. The second kappa shape index (κ2) is 4.23. The Morgan fingerprint density at radius 3 is 3.00 bits per heavy atom. The Balaban J connectivity index is 2.26. The molecule has 1 unspecified atom stereocenters. The van der Waals surface area contributed by atoms with Gasteiger partial charge in [-0.3, -0.25) is 4.79 Å². The standard InChI is InChI=1S/C8H13NO3/c1-6(10)11-5-8-3-2-7(9)4-12-8/h2-3,7-8H,4-5,9H2,1H3/t7-,8?/m0/s1. The highest BCUT2D eigenvalue weighted by molar-refractivity contribution is 5.65. The Hall–Kier alpha value is -0.870. The number of ether oxygens (including phenoxy) is 2. The van der Waals surface area contributed by atoms with Crippen LogP contribution < -0.4 is 5.73 Å². The van der Waals surface area contributed by atoms with Crippen LogP contribution in [0.1, 0.15) is 6.92 Å². The molecule has 0 aromatic carbocycles. The van der Waals surface area contributed by atoms with Gasteiger partial charge in [0, 0.05) is 13.0 Å². The Morgan fingerprint density at radius 2 is 2.50 bits per heavy atom. The van der Waals surface area contributed by atoms with Gasteiger partial charge in [-0.2, -0.15) is 0 Å². The minimum atomic E-state index is -0.290. The van der Waals surface area contributed by atoms with Crippen molar-refractivity contribution in [3.63, 3.8) is 0 Å². The van der Waals surface area contributed by atoms with Crippen LogP contribution in [0.3, 0.4) is 0 Å². The average Bonchev–Trinajstić information content (AvgIpc) is 2.03. The average molecular weight is 171 g/mol. The molecule has 4 nitrogen and oxygen atoms in total. The normalized spacial score (nSPS) is 28.5. The first-order valence-corrected chi connectivity index (χ1v) is 3.87. The van der Waals surface area contributed by atoms with Crippen LogP contribution in [-0.4, -0.2) is 31.3 Å². The molecule has 1 aliphatic rings. The molecule has 2 atom stereocenters. The van der Waals surface area contributed by atoms with Crippen LogP contribution in [0, 0.1) is 0 Å². The van der Waals surface area contributed by atoms with E-state index in [1.165, 1.54) is 6.92 Å². The van der Waals surface area contributed by atoms with Crippen LogP contribution in [0.15, 0.2) is 12.2 Å². The number of rotatable bonds is 2. The van der Waals surface area contributed by atoms with Gasteiger partial charge in [-0.25, -0.2) is 0 Å². The zero-order valence-electron chi connectivity index (χ0n) is 7.03. The molecule has 68 valence electrons. The van der Waals surface area contributed by atoms with Crippen LogP contribution in [0.5, 0.6) is 0 Å². The number of carbonyl (C=O) groups is 1. The van der Waals surface area contributed by atoms with E-state index in [4.69, 9.17) is 15.2 Å². The smallest absolute Gasteiger partial charge is 0.302 e. The summed E-state index contributed by atoms with van der Waals surface area (Å²) in [5.74, 6) is -0.290. The minimum Gasteiger partial charge on any atom is -0.463 e. The Morgan fingerprint density at radius 1 is 1.75 bits per heavy atom. The molecule has 12 heavy (non-hydrogen) atoms. The SMILES string of the molecule is CC(=O)OCC1C=C[C@H](N)CO1. The van der Waals surface area contributed by atoms with Crippen molar-refractivity contribution in [2.24, 2.45) is 5.73 Å². The lowest BCUT2D eigenvalue weighted by atomic mass is 10.2. The van der Waals surface area contributed by atoms with E-state index in [0.29, 0.717) is 6.61 Å². The van der Waals surface area contributed by atoms with Crippen molar-refractivity contribution in [1.29, 1.82) is 0 Å². The highest BCUT2D eigenvalue weighted by Gasteiger charge is 2.13. The van der Waals surface area contributed by atoms with Crippen molar-refractivity contribution in [2.45, 2.75) is 19.1 Å². The van der Waals surface area contributed by atoms with Crippen molar-refractivity contribution in [2.75, 3.05) is 13.2 Å². The highest BCUT2D eigenvalue weighted by atomic mass is 16.6. The summed E-state index contributed by atoms with van der Waals surface area (Å²) in [5.41, 5.74) is 5.53. The summed E-state index contributed by atoms with van der Waals surface area (Å²) >= 11 is 0. The van der Waals surface area contributed by atoms with Gasteiger partial charge >= 0.3 is 5.97 Å². The molecule has 0 saturated heterocycles. The molecule has 0 radical (unpaired) electrons. The zero-order valence-corrected chi connectivity index (χ0v) is 7.03. The van der Waals surface area contributed by atoms with E-state index in [9.17, 15) is 4.79 Å². The summed E-state index contributed by atoms with van der Waals surface area (Å²) in [5, 5.41) is 0. The molecule has 0 saturated carbocycles. The van der Waals surface area contributed by atoms with Crippen LogP contribution in [-0.2, 0) is 14.3 Å². The first kappa shape index (κ1) is 9.22. The molecule has 0 amide bonds. The molecule has 0 aliphatic carbocycles.